The molecule has 0 aliphatic carbocycles. The monoisotopic (exact) mass is 990 g/mol. The smallest absolute Gasteiger partial charge is 0.00988 e. The van der Waals surface area contributed by atoms with Crippen LogP contribution < -0.4 is 0 Å². The molecule has 0 radical (unpaired) electrons. The van der Waals surface area contributed by atoms with E-state index in [4.69, 9.17) is 0 Å². The standard InChI is InChI=1S/C78H54/c1-5-25-71-59(13-1)17-9-21-63(71)41-29-55-33-45-67(46-34-55)75-53-77(69-49-37-57(38-50-69)31-43-65-23-11-19-61-15-3-7-27-73(61)65)78(70-51-39-58(40-52-70)32-44-66-24-12-20-62-16-4-8-28-74(62)66)54-76(75)68-47-35-56(36-48-68)30-42-64-22-10-18-60-14-2-6-26-72(60)64/h1-54H. The number of benzene rings is 13. The van der Waals surface area contributed by atoms with E-state index in [0.717, 1.165) is 44.5 Å². The maximum absolute atomic E-state index is 2.43. The van der Waals surface area contributed by atoms with Crippen LogP contribution >= 0.6 is 0 Å². The van der Waals surface area contributed by atoms with Gasteiger partial charge >= 0.3 is 0 Å². The quantitative estimate of drug-likeness (QED) is 0.107. The van der Waals surface area contributed by atoms with Crippen LogP contribution in [0.25, 0.3) is 136 Å². The largest absolute Gasteiger partial charge is 0.0616 e. The van der Waals surface area contributed by atoms with Gasteiger partial charge in [0.2, 0.25) is 0 Å². The van der Waals surface area contributed by atoms with Crippen molar-refractivity contribution >= 4 is 91.7 Å². The highest BCUT2D eigenvalue weighted by atomic mass is 14.2. The molecule has 0 saturated carbocycles. The summed E-state index contributed by atoms with van der Waals surface area (Å²) in [6.45, 7) is 0. The van der Waals surface area contributed by atoms with Crippen molar-refractivity contribution < 1.29 is 0 Å². The Kier molecular flexibility index (Phi) is 13.2. The zero-order valence-electron chi connectivity index (χ0n) is 43.2. The molecule has 0 heteroatoms. The Morgan fingerprint density at radius 2 is 0.372 bits per heavy atom. The van der Waals surface area contributed by atoms with Crippen molar-refractivity contribution in [3.8, 4) is 44.5 Å². The number of hydrogen-bond acceptors (Lipinski definition) is 0. The lowest BCUT2D eigenvalue weighted by molar-refractivity contribution is 1.53. The van der Waals surface area contributed by atoms with Crippen molar-refractivity contribution in [1.29, 1.82) is 0 Å². The van der Waals surface area contributed by atoms with Crippen molar-refractivity contribution in [3.05, 3.63) is 324 Å². The Labute approximate surface area is 457 Å². The Morgan fingerprint density at radius 3 is 0.603 bits per heavy atom. The zero-order chi connectivity index (χ0) is 52.0. The van der Waals surface area contributed by atoms with E-state index in [1.54, 1.807) is 0 Å². The van der Waals surface area contributed by atoms with E-state index in [9.17, 15) is 0 Å². The fourth-order valence-electron chi connectivity index (χ4n) is 11.0. The molecule has 0 spiro atoms. The molecule has 0 nitrogen and oxygen atoms in total. The van der Waals surface area contributed by atoms with Gasteiger partial charge in [-0.1, -0.05) is 316 Å². The summed E-state index contributed by atoms with van der Waals surface area (Å²) in [6, 6.07) is 101. The summed E-state index contributed by atoms with van der Waals surface area (Å²) in [4.78, 5) is 0. The molecule has 0 N–H and O–H groups in total. The molecular weight excluding hydrogens is 937 g/mol. The minimum Gasteiger partial charge on any atom is -0.0616 e. The maximum Gasteiger partial charge on any atom is -0.00988 e. The summed E-state index contributed by atoms with van der Waals surface area (Å²) < 4.78 is 0. The van der Waals surface area contributed by atoms with Crippen LogP contribution in [0.15, 0.2) is 279 Å². The molecule has 0 aliphatic heterocycles. The summed E-state index contributed by atoms with van der Waals surface area (Å²) in [5.41, 5.74) is 18.7. The lowest BCUT2D eigenvalue weighted by Crippen LogP contribution is -1.93. The molecule has 0 bridgehead atoms. The third kappa shape index (κ3) is 10.1. The molecule has 0 atom stereocenters. The summed E-state index contributed by atoms with van der Waals surface area (Å²) in [7, 11) is 0. The molecule has 0 unspecified atom stereocenters. The summed E-state index contributed by atoms with van der Waals surface area (Å²) >= 11 is 0. The zero-order valence-corrected chi connectivity index (χ0v) is 43.2. The van der Waals surface area contributed by atoms with Crippen molar-refractivity contribution in [2.45, 2.75) is 0 Å². The number of hydrogen-bond donors (Lipinski definition) is 0. The first-order valence-electron chi connectivity index (χ1n) is 26.9. The Hall–Kier alpha value is -10.1. The highest BCUT2D eigenvalue weighted by molar-refractivity contribution is 5.99. The maximum atomic E-state index is 2.43. The second-order valence-corrected chi connectivity index (χ2v) is 20.0. The van der Waals surface area contributed by atoms with Gasteiger partial charge in [-0.25, -0.2) is 0 Å². The molecule has 0 fully saturated rings. The highest BCUT2D eigenvalue weighted by Gasteiger charge is 2.17. The van der Waals surface area contributed by atoms with Gasteiger partial charge in [0.1, 0.15) is 0 Å². The molecule has 13 aromatic rings. The van der Waals surface area contributed by atoms with Crippen LogP contribution in [0, 0.1) is 0 Å². The second kappa shape index (κ2) is 21.6. The summed E-state index contributed by atoms with van der Waals surface area (Å²) in [6.07, 6.45) is 17.8. The van der Waals surface area contributed by atoms with Crippen LogP contribution in [-0.2, 0) is 0 Å². The first-order valence-corrected chi connectivity index (χ1v) is 26.9. The normalized spacial score (nSPS) is 11.9. The molecule has 366 valence electrons. The fraction of sp³-hybridized carbons (Fsp3) is 0. The van der Waals surface area contributed by atoms with Crippen molar-refractivity contribution in [3.63, 3.8) is 0 Å². The minimum atomic E-state index is 1.15. The topological polar surface area (TPSA) is 0 Å². The molecule has 13 rings (SSSR count). The average Bonchev–Trinajstić information content (AvgIpc) is 3.51. The highest BCUT2D eigenvalue weighted by Crippen LogP contribution is 2.43. The van der Waals surface area contributed by atoms with Crippen molar-refractivity contribution in [1.82, 2.24) is 0 Å². The third-order valence-corrected chi connectivity index (χ3v) is 15.2. The summed E-state index contributed by atoms with van der Waals surface area (Å²) in [5, 5.41) is 9.98. The van der Waals surface area contributed by atoms with Crippen LogP contribution in [0.4, 0.5) is 0 Å². The number of fused-ring (bicyclic) bond motifs is 4. The molecule has 0 heterocycles. The van der Waals surface area contributed by atoms with Gasteiger partial charge in [0.05, 0.1) is 0 Å². The fourth-order valence-corrected chi connectivity index (χ4v) is 11.0. The van der Waals surface area contributed by atoms with Gasteiger partial charge in [0, 0.05) is 0 Å². The van der Waals surface area contributed by atoms with Gasteiger partial charge in [-0.3, -0.25) is 0 Å². The average molecular weight is 991 g/mol. The van der Waals surface area contributed by atoms with Crippen molar-refractivity contribution in [2.75, 3.05) is 0 Å². The van der Waals surface area contributed by atoms with Crippen LogP contribution in [0.3, 0.4) is 0 Å². The molecular formula is C78H54. The van der Waals surface area contributed by atoms with Gasteiger partial charge in [0.15, 0.2) is 0 Å². The van der Waals surface area contributed by atoms with Gasteiger partial charge in [-0.15, -0.1) is 0 Å². The SMILES string of the molecule is C(=Cc1cccc2ccccc12)c1ccc(-c2cc(-c3ccc(C=Cc4cccc5ccccc45)cc3)c(-c3ccc(C=Cc4cccc5ccccc45)cc3)cc2-c2ccc(C=Cc3cccc4ccccc34)cc2)cc1. The Balaban J connectivity index is 0.911. The molecule has 78 heavy (non-hydrogen) atoms. The van der Waals surface area contributed by atoms with Crippen LogP contribution in [0.2, 0.25) is 0 Å². The van der Waals surface area contributed by atoms with E-state index in [-0.39, 0.29) is 0 Å². The second-order valence-electron chi connectivity index (χ2n) is 20.0. The Morgan fingerprint density at radius 1 is 0.167 bits per heavy atom. The van der Waals surface area contributed by atoms with E-state index >= 15 is 0 Å². The molecule has 0 aromatic heterocycles. The van der Waals surface area contributed by atoms with E-state index in [1.165, 1.54) is 87.6 Å². The molecule has 0 saturated heterocycles. The van der Waals surface area contributed by atoms with Crippen LogP contribution in [0.1, 0.15) is 44.5 Å². The first-order chi connectivity index (χ1) is 38.6. The molecule has 0 aliphatic rings. The van der Waals surface area contributed by atoms with E-state index < -0.39 is 0 Å². The van der Waals surface area contributed by atoms with E-state index in [0.29, 0.717) is 0 Å². The minimum absolute atomic E-state index is 1.15. The predicted molar refractivity (Wildman–Crippen MR) is 340 cm³/mol. The lowest BCUT2D eigenvalue weighted by Gasteiger charge is -2.19. The van der Waals surface area contributed by atoms with E-state index in [2.05, 4.69) is 328 Å². The van der Waals surface area contributed by atoms with Crippen LogP contribution in [0.5, 0.6) is 0 Å². The van der Waals surface area contributed by atoms with Gasteiger partial charge in [-0.05, 0) is 144 Å². The predicted octanol–water partition coefficient (Wildman–Crippen LogP) is 21.6. The summed E-state index contributed by atoms with van der Waals surface area (Å²) in [5.74, 6) is 0. The first kappa shape index (κ1) is 47.6. The van der Waals surface area contributed by atoms with Gasteiger partial charge in [0.25, 0.3) is 0 Å². The molecule has 13 aromatic carbocycles. The Bertz CT molecular complexity index is 3840. The third-order valence-electron chi connectivity index (χ3n) is 15.2. The lowest BCUT2D eigenvalue weighted by atomic mass is 9.85. The van der Waals surface area contributed by atoms with Crippen LogP contribution in [-0.4, -0.2) is 0 Å². The van der Waals surface area contributed by atoms with Crippen molar-refractivity contribution in [2.24, 2.45) is 0 Å². The van der Waals surface area contributed by atoms with Gasteiger partial charge < -0.3 is 0 Å². The van der Waals surface area contributed by atoms with Gasteiger partial charge in [-0.2, -0.15) is 0 Å². The van der Waals surface area contributed by atoms with E-state index in [1.807, 2.05) is 0 Å². The number of rotatable bonds is 12. The molecule has 0 amide bonds.